The average Bonchev–Trinajstić information content (AvgIpc) is 1.62. The van der Waals surface area contributed by atoms with Gasteiger partial charge in [-0.2, -0.15) is 0 Å². The summed E-state index contributed by atoms with van der Waals surface area (Å²) >= 11 is 0. The summed E-state index contributed by atoms with van der Waals surface area (Å²) in [7, 11) is 0. The number of hydrogen-bond donors (Lipinski definition) is 2. The van der Waals surface area contributed by atoms with Crippen LogP contribution in [0.25, 0.3) is 0 Å². The van der Waals surface area contributed by atoms with Crippen LogP contribution in [0.1, 0.15) is 27.2 Å². The molecule has 0 radical (unpaired) electrons. The molecule has 0 aromatic rings. The zero-order valence-electron chi connectivity index (χ0n) is 7.30. The third-order valence-corrected chi connectivity index (χ3v) is 0.744. The van der Waals surface area contributed by atoms with Crippen molar-refractivity contribution in [2.75, 3.05) is 0 Å². The highest BCUT2D eigenvalue weighted by atomic mass is 14.7. The van der Waals surface area contributed by atoms with Crippen LogP contribution in [0.15, 0.2) is 12.7 Å². The van der Waals surface area contributed by atoms with E-state index in [2.05, 4.69) is 6.58 Å². The van der Waals surface area contributed by atoms with E-state index in [1.54, 1.807) is 6.08 Å². The maximum Gasteiger partial charge on any atom is 0.00251 e. The second-order valence-corrected chi connectivity index (χ2v) is 2.60. The average molecular weight is 144 g/mol. The van der Waals surface area contributed by atoms with Crippen LogP contribution in [-0.4, -0.2) is 12.1 Å². The summed E-state index contributed by atoms with van der Waals surface area (Å²) < 4.78 is 0. The lowest BCUT2D eigenvalue weighted by molar-refractivity contribution is 0.580. The molecule has 0 amide bonds. The Morgan fingerprint density at radius 3 is 1.50 bits per heavy atom. The largest absolute Gasteiger partial charge is 0.328 e. The van der Waals surface area contributed by atoms with Crippen molar-refractivity contribution in [3.05, 3.63) is 12.7 Å². The molecule has 0 aliphatic rings. The minimum Gasteiger partial charge on any atom is -0.328 e. The van der Waals surface area contributed by atoms with Gasteiger partial charge in [-0.05, 0) is 27.2 Å². The highest BCUT2D eigenvalue weighted by Gasteiger charge is 1.96. The van der Waals surface area contributed by atoms with Crippen molar-refractivity contribution in [3.63, 3.8) is 0 Å². The van der Waals surface area contributed by atoms with Crippen LogP contribution >= 0.6 is 0 Å². The molecule has 0 bridgehead atoms. The number of hydrogen-bond acceptors (Lipinski definition) is 2. The lowest BCUT2D eigenvalue weighted by Gasteiger charge is -2.06. The Balaban J connectivity index is 0. The summed E-state index contributed by atoms with van der Waals surface area (Å²) in [5.41, 5.74) is 10.8. The predicted molar refractivity (Wildman–Crippen MR) is 47.8 cm³/mol. The molecule has 0 heterocycles. The molecule has 62 valence electrons. The SMILES string of the molecule is C=CC.CC(N)CC(C)N. The van der Waals surface area contributed by atoms with Crippen molar-refractivity contribution >= 4 is 0 Å². The molecular weight excluding hydrogens is 124 g/mol. The standard InChI is InChI=1S/C5H14N2.C3H6/c1-4(6)3-5(2)7;1-3-2/h4-5H,3,6-7H2,1-2H3;3H,1H2,2H3. The Morgan fingerprint density at radius 2 is 1.50 bits per heavy atom. The molecule has 0 spiro atoms. The molecule has 2 atom stereocenters. The summed E-state index contributed by atoms with van der Waals surface area (Å²) in [6.07, 6.45) is 2.67. The summed E-state index contributed by atoms with van der Waals surface area (Å²) in [4.78, 5) is 0. The quantitative estimate of drug-likeness (QED) is 0.573. The molecule has 4 N–H and O–H groups in total. The first-order valence-corrected chi connectivity index (χ1v) is 3.62. The van der Waals surface area contributed by atoms with E-state index >= 15 is 0 Å². The van der Waals surface area contributed by atoms with Gasteiger partial charge in [0.2, 0.25) is 0 Å². The maximum absolute atomic E-state index is 5.41. The van der Waals surface area contributed by atoms with Gasteiger partial charge in [-0.25, -0.2) is 0 Å². The van der Waals surface area contributed by atoms with Crippen molar-refractivity contribution in [2.45, 2.75) is 39.3 Å². The monoisotopic (exact) mass is 144 g/mol. The first-order chi connectivity index (χ1) is 4.54. The minimum absolute atomic E-state index is 0.250. The van der Waals surface area contributed by atoms with Crippen LogP contribution in [0.5, 0.6) is 0 Å². The van der Waals surface area contributed by atoms with Gasteiger partial charge in [-0.1, -0.05) is 6.08 Å². The van der Waals surface area contributed by atoms with Crippen molar-refractivity contribution in [1.82, 2.24) is 0 Å². The molecular formula is C8H20N2. The van der Waals surface area contributed by atoms with E-state index in [0.29, 0.717) is 0 Å². The van der Waals surface area contributed by atoms with Gasteiger partial charge in [-0.15, -0.1) is 6.58 Å². The summed E-state index contributed by atoms with van der Waals surface area (Å²) in [6.45, 7) is 9.17. The normalized spacial score (nSPS) is 14.5. The van der Waals surface area contributed by atoms with Gasteiger partial charge in [-0.3, -0.25) is 0 Å². The molecule has 0 fully saturated rings. The molecule has 0 aliphatic carbocycles. The third kappa shape index (κ3) is 25.4. The maximum atomic E-state index is 5.41. The summed E-state index contributed by atoms with van der Waals surface area (Å²) in [5.74, 6) is 0. The van der Waals surface area contributed by atoms with Crippen molar-refractivity contribution in [3.8, 4) is 0 Å². The number of allylic oxidation sites excluding steroid dienone is 1. The smallest absolute Gasteiger partial charge is 0.00251 e. The highest BCUT2D eigenvalue weighted by molar-refractivity contribution is 4.60. The van der Waals surface area contributed by atoms with E-state index in [1.807, 2.05) is 20.8 Å². The fraction of sp³-hybridized carbons (Fsp3) is 0.750. The Bertz CT molecular complexity index is 61.7. The van der Waals surface area contributed by atoms with Gasteiger partial charge >= 0.3 is 0 Å². The van der Waals surface area contributed by atoms with E-state index in [-0.39, 0.29) is 12.1 Å². The zero-order chi connectivity index (χ0) is 8.57. The molecule has 0 rings (SSSR count). The van der Waals surface area contributed by atoms with E-state index < -0.39 is 0 Å². The lowest BCUT2D eigenvalue weighted by atomic mass is 10.1. The molecule has 10 heavy (non-hydrogen) atoms. The topological polar surface area (TPSA) is 52.0 Å². The van der Waals surface area contributed by atoms with Crippen molar-refractivity contribution in [2.24, 2.45) is 11.5 Å². The van der Waals surface area contributed by atoms with E-state index in [0.717, 1.165) is 6.42 Å². The summed E-state index contributed by atoms with van der Waals surface area (Å²) in [6, 6.07) is 0.500. The zero-order valence-corrected chi connectivity index (χ0v) is 7.30. The van der Waals surface area contributed by atoms with Crippen LogP contribution in [0.3, 0.4) is 0 Å². The second-order valence-electron chi connectivity index (χ2n) is 2.60. The number of rotatable bonds is 2. The predicted octanol–water partition coefficient (Wildman–Crippen LogP) is 1.26. The van der Waals surface area contributed by atoms with Gasteiger partial charge in [0.1, 0.15) is 0 Å². The highest BCUT2D eigenvalue weighted by Crippen LogP contribution is 1.88. The van der Waals surface area contributed by atoms with Crippen LogP contribution in [0, 0.1) is 0 Å². The second kappa shape index (κ2) is 8.66. The Labute approximate surface area is 64.3 Å². The first kappa shape index (κ1) is 12.3. The van der Waals surface area contributed by atoms with Crippen LogP contribution < -0.4 is 11.5 Å². The molecule has 2 nitrogen and oxygen atoms in total. The summed E-state index contributed by atoms with van der Waals surface area (Å²) in [5, 5.41) is 0. The molecule has 2 heteroatoms. The van der Waals surface area contributed by atoms with Crippen molar-refractivity contribution < 1.29 is 0 Å². The van der Waals surface area contributed by atoms with Crippen LogP contribution in [0.2, 0.25) is 0 Å². The lowest BCUT2D eigenvalue weighted by Crippen LogP contribution is -2.26. The van der Waals surface area contributed by atoms with E-state index in [1.165, 1.54) is 0 Å². The van der Waals surface area contributed by atoms with Crippen LogP contribution in [0.4, 0.5) is 0 Å². The van der Waals surface area contributed by atoms with E-state index in [9.17, 15) is 0 Å². The fourth-order valence-electron chi connectivity index (χ4n) is 0.586. The Morgan fingerprint density at radius 1 is 1.30 bits per heavy atom. The minimum atomic E-state index is 0.250. The van der Waals surface area contributed by atoms with Gasteiger partial charge in [0.15, 0.2) is 0 Å². The molecule has 0 saturated heterocycles. The van der Waals surface area contributed by atoms with Gasteiger partial charge in [0.25, 0.3) is 0 Å². The molecule has 0 aromatic heterocycles. The van der Waals surface area contributed by atoms with Crippen molar-refractivity contribution in [1.29, 1.82) is 0 Å². The Hall–Kier alpha value is -0.340. The number of nitrogens with two attached hydrogens (primary N) is 2. The first-order valence-electron chi connectivity index (χ1n) is 3.62. The van der Waals surface area contributed by atoms with E-state index in [4.69, 9.17) is 11.5 Å². The van der Waals surface area contributed by atoms with Gasteiger partial charge < -0.3 is 11.5 Å². The molecule has 2 unspecified atom stereocenters. The Kier molecular flexibility index (Phi) is 10.7. The molecule has 0 aromatic carbocycles. The molecule has 0 aliphatic heterocycles. The fourth-order valence-corrected chi connectivity index (χ4v) is 0.586. The van der Waals surface area contributed by atoms with Gasteiger partial charge in [0.05, 0.1) is 0 Å². The third-order valence-electron chi connectivity index (χ3n) is 0.744. The van der Waals surface area contributed by atoms with Gasteiger partial charge in [0, 0.05) is 12.1 Å². The van der Waals surface area contributed by atoms with Crippen LogP contribution in [-0.2, 0) is 0 Å². The molecule has 0 saturated carbocycles.